The quantitative estimate of drug-likeness (QED) is 0.335. The van der Waals surface area contributed by atoms with E-state index in [1.807, 2.05) is 0 Å². The fourth-order valence-electron chi connectivity index (χ4n) is 4.18. The molecule has 1 aromatic heterocycles. The molecule has 7 nitrogen and oxygen atoms in total. The zero-order valence-electron chi connectivity index (χ0n) is 18.4. The summed E-state index contributed by atoms with van der Waals surface area (Å²) in [6.45, 7) is -0.337. The zero-order valence-corrected chi connectivity index (χ0v) is 19.2. The van der Waals surface area contributed by atoms with E-state index >= 15 is 0 Å². The molecule has 4 amide bonds. The average molecular weight is 518 g/mol. The lowest BCUT2D eigenvalue weighted by molar-refractivity contribution is -0.137. The fourth-order valence-corrected chi connectivity index (χ4v) is 5.22. The highest BCUT2D eigenvalue weighted by molar-refractivity contribution is 7.09. The van der Waals surface area contributed by atoms with Gasteiger partial charge in [0.05, 0.1) is 23.3 Å². The number of alkyl halides is 3. The van der Waals surface area contributed by atoms with Crippen LogP contribution in [0.5, 0.6) is 0 Å². The first-order valence-electron chi connectivity index (χ1n) is 10.9. The number of halogens is 4. The molecule has 1 saturated carbocycles. The molecular formula is C24H18F4N4O3S. The van der Waals surface area contributed by atoms with E-state index in [1.54, 1.807) is 5.51 Å². The van der Waals surface area contributed by atoms with Gasteiger partial charge in [0.2, 0.25) is 0 Å². The second-order valence-corrected chi connectivity index (χ2v) is 9.49. The van der Waals surface area contributed by atoms with Gasteiger partial charge < -0.3 is 10.6 Å². The predicted octanol–water partition coefficient (Wildman–Crippen LogP) is 4.31. The molecule has 5 rings (SSSR count). The summed E-state index contributed by atoms with van der Waals surface area (Å²) in [6, 6.07) is 6.56. The summed E-state index contributed by atoms with van der Waals surface area (Å²) in [4.78, 5) is 43.3. The molecule has 1 saturated heterocycles. The van der Waals surface area contributed by atoms with E-state index in [-0.39, 0.29) is 29.2 Å². The number of hydrogen-bond acceptors (Lipinski definition) is 5. The fraction of sp³-hybridized carbons (Fsp3) is 0.250. The summed E-state index contributed by atoms with van der Waals surface area (Å²) in [5, 5.41) is 7.40. The maximum absolute atomic E-state index is 14.0. The van der Waals surface area contributed by atoms with Crippen molar-refractivity contribution in [2.75, 3.05) is 6.54 Å². The molecule has 186 valence electrons. The van der Waals surface area contributed by atoms with Crippen molar-refractivity contribution in [2.45, 2.75) is 30.5 Å². The first kappa shape index (κ1) is 23.9. The molecule has 0 spiro atoms. The van der Waals surface area contributed by atoms with Crippen LogP contribution in [0.3, 0.4) is 0 Å². The molecule has 0 radical (unpaired) electrons. The molecule has 1 atom stereocenters. The van der Waals surface area contributed by atoms with Crippen LogP contribution in [-0.2, 0) is 16.5 Å². The second-order valence-electron chi connectivity index (χ2n) is 8.60. The maximum atomic E-state index is 14.0. The zero-order chi connectivity index (χ0) is 25.7. The van der Waals surface area contributed by atoms with Gasteiger partial charge >= 0.3 is 12.2 Å². The van der Waals surface area contributed by atoms with E-state index in [9.17, 15) is 31.9 Å². The van der Waals surface area contributed by atoms with Crippen molar-refractivity contribution in [2.24, 2.45) is 0 Å². The lowest BCUT2D eigenvalue weighted by atomic mass is 9.92. The summed E-state index contributed by atoms with van der Waals surface area (Å²) in [5.74, 6) is -1.82. The Morgan fingerprint density at radius 2 is 1.86 bits per heavy atom. The lowest BCUT2D eigenvalue weighted by Crippen LogP contribution is -2.53. The SMILES string of the molecule is O=C1NC(=O)[C@@](CNC(=O)c2ccc(F)cc2-c2ccc(C(F)(F)F)cc2)(c2ncsc2C2CC2)N1. The van der Waals surface area contributed by atoms with Gasteiger partial charge in [-0.3, -0.25) is 14.9 Å². The van der Waals surface area contributed by atoms with Gasteiger partial charge in [-0.25, -0.2) is 14.2 Å². The standard InChI is InChI=1S/C24H18F4N4O3S/c25-15-7-8-16(17(9-15)12-3-5-14(6-4-12)24(26,27)28)20(33)29-10-23(21(34)31-22(35)32-23)19-18(13-1-2-13)36-11-30-19/h3-9,11,13H,1-2,10H2,(H,29,33)(H2,31,32,34,35)/t23-/m1/s1. The molecule has 2 aromatic carbocycles. The molecule has 2 fully saturated rings. The Morgan fingerprint density at radius 1 is 1.14 bits per heavy atom. The smallest absolute Gasteiger partial charge is 0.349 e. The number of benzene rings is 2. The first-order valence-corrected chi connectivity index (χ1v) is 11.8. The minimum Gasteiger partial charge on any atom is -0.349 e. The highest BCUT2D eigenvalue weighted by Crippen LogP contribution is 2.46. The van der Waals surface area contributed by atoms with Gasteiger partial charge in [0.15, 0.2) is 5.54 Å². The van der Waals surface area contributed by atoms with E-state index in [0.717, 1.165) is 54.1 Å². The third-order valence-electron chi connectivity index (χ3n) is 6.15. The van der Waals surface area contributed by atoms with Crippen molar-refractivity contribution in [3.8, 4) is 11.1 Å². The van der Waals surface area contributed by atoms with Crippen LogP contribution < -0.4 is 16.0 Å². The Balaban J connectivity index is 1.45. The molecular weight excluding hydrogens is 500 g/mol. The molecule has 2 aliphatic rings. The first-order chi connectivity index (χ1) is 17.1. The number of hydrogen-bond donors (Lipinski definition) is 3. The van der Waals surface area contributed by atoms with Crippen molar-refractivity contribution in [1.82, 2.24) is 20.9 Å². The number of nitrogens with one attached hydrogen (secondary N) is 3. The largest absolute Gasteiger partial charge is 0.416 e. The van der Waals surface area contributed by atoms with Crippen molar-refractivity contribution >= 4 is 29.2 Å². The van der Waals surface area contributed by atoms with E-state index in [2.05, 4.69) is 20.9 Å². The molecule has 3 N–H and O–H groups in total. The average Bonchev–Trinajstić information content (AvgIpc) is 3.48. The molecule has 0 bridgehead atoms. The van der Waals surface area contributed by atoms with Gasteiger partial charge in [-0.15, -0.1) is 11.3 Å². The molecule has 36 heavy (non-hydrogen) atoms. The molecule has 0 unspecified atom stereocenters. The minimum atomic E-state index is -4.55. The summed E-state index contributed by atoms with van der Waals surface area (Å²) in [6.07, 6.45) is -2.69. The number of amides is 4. The number of aromatic nitrogens is 1. The monoisotopic (exact) mass is 518 g/mol. The number of thiazole rings is 1. The number of nitrogens with zero attached hydrogens (tertiary/aromatic N) is 1. The van der Waals surface area contributed by atoms with Gasteiger partial charge in [0, 0.05) is 10.4 Å². The van der Waals surface area contributed by atoms with Crippen LogP contribution in [0.4, 0.5) is 22.4 Å². The van der Waals surface area contributed by atoms with Gasteiger partial charge in [0.1, 0.15) is 5.82 Å². The van der Waals surface area contributed by atoms with Crippen LogP contribution in [-0.4, -0.2) is 29.4 Å². The maximum Gasteiger partial charge on any atom is 0.416 e. The van der Waals surface area contributed by atoms with E-state index in [1.165, 1.54) is 17.4 Å². The Kier molecular flexibility index (Phi) is 5.78. The van der Waals surface area contributed by atoms with Crippen LogP contribution >= 0.6 is 11.3 Å². The predicted molar refractivity (Wildman–Crippen MR) is 122 cm³/mol. The number of carbonyl (C=O) groups is 3. The Hall–Kier alpha value is -3.80. The summed E-state index contributed by atoms with van der Waals surface area (Å²) >= 11 is 1.37. The normalized spacial score (nSPS) is 19.7. The van der Waals surface area contributed by atoms with E-state index in [0.29, 0.717) is 5.69 Å². The number of carbonyl (C=O) groups excluding carboxylic acids is 3. The van der Waals surface area contributed by atoms with Gasteiger partial charge in [-0.05, 0) is 60.2 Å². The molecule has 12 heteroatoms. The highest BCUT2D eigenvalue weighted by Gasteiger charge is 2.52. The van der Waals surface area contributed by atoms with Crippen LogP contribution in [0.25, 0.3) is 11.1 Å². The van der Waals surface area contributed by atoms with Gasteiger partial charge in [-0.2, -0.15) is 13.2 Å². The van der Waals surface area contributed by atoms with Crippen molar-refractivity contribution in [3.05, 3.63) is 75.5 Å². The lowest BCUT2D eigenvalue weighted by Gasteiger charge is -2.26. The highest BCUT2D eigenvalue weighted by atomic mass is 32.1. The summed E-state index contributed by atoms with van der Waals surface area (Å²) < 4.78 is 52.9. The van der Waals surface area contributed by atoms with Crippen molar-refractivity contribution < 1.29 is 31.9 Å². The molecule has 2 heterocycles. The third kappa shape index (κ3) is 4.32. The summed E-state index contributed by atoms with van der Waals surface area (Å²) in [7, 11) is 0. The molecule has 1 aliphatic carbocycles. The van der Waals surface area contributed by atoms with Crippen molar-refractivity contribution in [1.29, 1.82) is 0 Å². The topological polar surface area (TPSA) is 100 Å². The molecule has 3 aromatic rings. The van der Waals surface area contributed by atoms with E-state index < -0.39 is 40.9 Å². The Labute approximate surface area is 205 Å². The van der Waals surface area contributed by atoms with Crippen LogP contribution in [0, 0.1) is 5.82 Å². The Morgan fingerprint density at radius 3 is 2.47 bits per heavy atom. The number of urea groups is 1. The number of imide groups is 1. The number of rotatable bonds is 6. The Bertz CT molecular complexity index is 1370. The van der Waals surface area contributed by atoms with Crippen LogP contribution in [0.1, 0.15) is 45.3 Å². The van der Waals surface area contributed by atoms with E-state index in [4.69, 9.17) is 0 Å². The second kappa shape index (κ2) is 8.70. The van der Waals surface area contributed by atoms with Crippen molar-refractivity contribution in [3.63, 3.8) is 0 Å². The minimum absolute atomic E-state index is 0.0169. The van der Waals surface area contributed by atoms with Crippen LogP contribution in [0.2, 0.25) is 0 Å². The summed E-state index contributed by atoms with van der Waals surface area (Å²) in [5.41, 5.74) is -0.315. The third-order valence-corrected chi connectivity index (χ3v) is 7.14. The van der Waals surface area contributed by atoms with Gasteiger partial charge in [-0.1, -0.05) is 12.1 Å². The van der Waals surface area contributed by atoms with Gasteiger partial charge in [0.25, 0.3) is 11.8 Å². The molecule has 1 aliphatic heterocycles. The van der Waals surface area contributed by atoms with Crippen LogP contribution in [0.15, 0.2) is 48.0 Å².